The van der Waals surface area contributed by atoms with Crippen LogP contribution in [0.4, 0.5) is 5.69 Å². The summed E-state index contributed by atoms with van der Waals surface area (Å²) in [5.41, 5.74) is 1.62. The Bertz CT molecular complexity index is 940. The molecule has 0 saturated carbocycles. The molecule has 1 aromatic heterocycles. The van der Waals surface area contributed by atoms with Gasteiger partial charge in [-0.2, -0.15) is 0 Å². The van der Waals surface area contributed by atoms with Crippen LogP contribution in [0.3, 0.4) is 0 Å². The van der Waals surface area contributed by atoms with E-state index in [2.05, 4.69) is 22.4 Å². The molecule has 28 heavy (non-hydrogen) atoms. The van der Waals surface area contributed by atoms with Gasteiger partial charge in [0, 0.05) is 5.69 Å². The second-order valence-electron chi connectivity index (χ2n) is 6.00. The predicted octanol–water partition coefficient (Wildman–Crippen LogP) is 5.71. The number of hydrogen-bond acceptors (Lipinski definition) is 5. The molecule has 3 aromatic rings. The lowest BCUT2D eigenvalue weighted by Crippen LogP contribution is -2.11. The number of nitrogens with one attached hydrogen (secondary N) is 1. The molecule has 1 N–H and O–H groups in total. The Kier molecular flexibility index (Phi) is 7.17. The van der Waals surface area contributed by atoms with Gasteiger partial charge in [-0.15, -0.1) is 10.2 Å². The molecule has 0 saturated heterocycles. The average Bonchev–Trinajstić information content (AvgIpc) is 3.21. The summed E-state index contributed by atoms with van der Waals surface area (Å²) in [4.78, 5) is 12.3. The van der Waals surface area contributed by atoms with E-state index in [9.17, 15) is 4.79 Å². The molecule has 3 rings (SSSR count). The number of carbonyl (C=O) groups excluding carboxylic acids is 1. The molecule has 144 valence electrons. The second-order valence-corrected chi connectivity index (χ2v) is 7.38. The number of carbonyl (C=O) groups is 1. The summed E-state index contributed by atoms with van der Waals surface area (Å²) in [6, 6.07) is 16.9. The molecule has 1 amide bonds. The van der Waals surface area contributed by atoms with Crippen molar-refractivity contribution in [3.05, 3.63) is 70.2 Å². The summed E-state index contributed by atoms with van der Waals surface area (Å²) >= 11 is 7.51. The van der Waals surface area contributed by atoms with Crippen molar-refractivity contribution in [3.8, 4) is 5.75 Å². The number of rotatable bonds is 8. The van der Waals surface area contributed by atoms with E-state index in [1.54, 1.807) is 6.08 Å². The Morgan fingerprint density at radius 2 is 1.82 bits per heavy atom. The van der Waals surface area contributed by atoms with E-state index in [0.717, 1.165) is 35.5 Å². The normalized spacial score (nSPS) is 11.3. The number of unbranched alkanes of at least 4 members (excludes halogenated alkanes) is 1. The maximum Gasteiger partial charge on any atom is 0.286 e. The van der Waals surface area contributed by atoms with Crippen molar-refractivity contribution in [2.45, 2.75) is 19.8 Å². The minimum Gasteiger partial charge on any atom is -0.494 e. The van der Waals surface area contributed by atoms with E-state index < -0.39 is 0 Å². The number of amides is 1. The summed E-state index contributed by atoms with van der Waals surface area (Å²) in [7, 11) is 0. The van der Waals surface area contributed by atoms with Crippen molar-refractivity contribution in [1.82, 2.24) is 10.2 Å². The van der Waals surface area contributed by atoms with E-state index >= 15 is 0 Å². The highest BCUT2D eigenvalue weighted by atomic mass is 35.5. The number of benzene rings is 2. The third kappa shape index (κ3) is 5.65. The van der Waals surface area contributed by atoms with E-state index in [1.807, 2.05) is 54.6 Å². The molecule has 0 radical (unpaired) electrons. The van der Waals surface area contributed by atoms with Crippen LogP contribution >= 0.6 is 22.9 Å². The van der Waals surface area contributed by atoms with Gasteiger partial charge in [0.2, 0.25) is 5.01 Å². The molecule has 0 atom stereocenters. The molecule has 0 unspecified atom stereocenters. The first kappa shape index (κ1) is 20.0. The Balaban J connectivity index is 1.64. The molecular weight excluding hydrogens is 394 g/mol. The number of hydrogen-bond donors (Lipinski definition) is 1. The Labute approximate surface area is 173 Å². The fourth-order valence-corrected chi connectivity index (χ4v) is 3.25. The predicted molar refractivity (Wildman–Crippen MR) is 115 cm³/mol. The molecule has 0 spiro atoms. The lowest BCUT2D eigenvalue weighted by Gasteiger charge is -2.05. The van der Waals surface area contributed by atoms with Crippen LogP contribution in [0.2, 0.25) is 0 Å². The Morgan fingerprint density at radius 1 is 1.11 bits per heavy atom. The van der Waals surface area contributed by atoms with Crippen LogP contribution in [0.1, 0.15) is 40.1 Å². The third-order valence-corrected chi connectivity index (χ3v) is 5.15. The number of ether oxygens (including phenoxy) is 1. The molecule has 5 nitrogen and oxygen atoms in total. The van der Waals surface area contributed by atoms with Crippen molar-refractivity contribution in [2.24, 2.45) is 0 Å². The molecule has 0 fully saturated rings. The van der Waals surface area contributed by atoms with Gasteiger partial charge in [0.15, 0.2) is 5.01 Å². The summed E-state index contributed by atoms with van der Waals surface area (Å²) in [5, 5.41) is 11.9. The minimum absolute atomic E-state index is 0.255. The minimum atomic E-state index is -0.312. The smallest absolute Gasteiger partial charge is 0.286 e. The first-order valence-corrected chi connectivity index (χ1v) is 10.2. The lowest BCUT2D eigenvalue weighted by atomic mass is 10.2. The Morgan fingerprint density at radius 3 is 2.54 bits per heavy atom. The van der Waals surface area contributed by atoms with Crippen molar-refractivity contribution >= 4 is 45.6 Å². The number of anilines is 1. The fraction of sp³-hybridized carbons (Fsp3) is 0.190. The van der Waals surface area contributed by atoms with Gasteiger partial charge in [0.25, 0.3) is 5.91 Å². The SMILES string of the molecule is CCCCOc1ccc(/C=C(\Cl)c2nnc(C(=O)Nc3ccccc3)s2)cc1. The summed E-state index contributed by atoms with van der Waals surface area (Å²) in [5.74, 6) is 0.519. The average molecular weight is 414 g/mol. The molecule has 0 aliphatic rings. The lowest BCUT2D eigenvalue weighted by molar-refractivity contribution is 0.102. The van der Waals surface area contributed by atoms with E-state index in [4.69, 9.17) is 16.3 Å². The van der Waals surface area contributed by atoms with Crippen molar-refractivity contribution in [1.29, 1.82) is 0 Å². The molecule has 0 aliphatic carbocycles. The highest BCUT2D eigenvalue weighted by Crippen LogP contribution is 2.26. The largest absolute Gasteiger partial charge is 0.494 e. The summed E-state index contributed by atoms with van der Waals surface area (Å²) < 4.78 is 5.65. The Hall–Kier alpha value is -2.70. The first-order chi connectivity index (χ1) is 13.7. The van der Waals surface area contributed by atoms with Crippen molar-refractivity contribution in [2.75, 3.05) is 11.9 Å². The third-order valence-electron chi connectivity index (χ3n) is 3.80. The molecule has 0 aliphatic heterocycles. The highest BCUT2D eigenvalue weighted by molar-refractivity contribution is 7.15. The van der Waals surface area contributed by atoms with Crippen molar-refractivity contribution in [3.63, 3.8) is 0 Å². The van der Waals surface area contributed by atoms with E-state index in [1.165, 1.54) is 0 Å². The summed E-state index contributed by atoms with van der Waals surface area (Å²) in [6.45, 7) is 2.84. The van der Waals surface area contributed by atoms with Crippen LogP contribution in [0.15, 0.2) is 54.6 Å². The zero-order valence-corrected chi connectivity index (χ0v) is 17.0. The zero-order valence-electron chi connectivity index (χ0n) is 15.4. The van der Waals surface area contributed by atoms with Crippen LogP contribution in [-0.4, -0.2) is 22.7 Å². The molecule has 2 aromatic carbocycles. The van der Waals surface area contributed by atoms with Crippen molar-refractivity contribution < 1.29 is 9.53 Å². The monoisotopic (exact) mass is 413 g/mol. The molecule has 7 heteroatoms. The second kappa shape index (κ2) is 10.0. The maximum absolute atomic E-state index is 12.3. The molecular formula is C21H20ClN3O2S. The topological polar surface area (TPSA) is 64.1 Å². The summed E-state index contributed by atoms with van der Waals surface area (Å²) in [6.07, 6.45) is 3.92. The standard InChI is InChI=1S/C21H20ClN3O2S/c1-2-3-13-27-17-11-9-15(10-12-17)14-18(22)20-24-25-21(28-20)19(26)23-16-7-5-4-6-8-16/h4-12,14H,2-3,13H2,1H3,(H,23,26)/b18-14-. The van der Waals surface area contributed by atoms with Gasteiger partial charge < -0.3 is 10.1 Å². The van der Waals surface area contributed by atoms with Gasteiger partial charge in [-0.3, -0.25) is 4.79 Å². The number of para-hydroxylation sites is 1. The van der Waals surface area contributed by atoms with Gasteiger partial charge in [-0.05, 0) is 42.3 Å². The maximum atomic E-state index is 12.3. The van der Waals surface area contributed by atoms with Gasteiger partial charge in [0.1, 0.15) is 5.75 Å². The quantitative estimate of drug-likeness (QED) is 0.480. The van der Waals surface area contributed by atoms with Gasteiger partial charge in [0.05, 0.1) is 11.6 Å². The van der Waals surface area contributed by atoms with Gasteiger partial charge >= 0.3 is 0 Å². The highest BCUT2D eigenvalue weighted by Gasteiger charge is 2.14. The number of aromatic nitrogens is 2. The van der Waals surface area contributed by atoms with Crippen LogP contribution in [0.25, 0.3) is 11.1 Å². The van der Waals surface area contributed by atoms with Gasteiger partial charge in [-0.1, -0.05) is 66.6 Å². The van der Waals surface area contributed by atoms with Crippen LogP contribution in [0, 0.1) is 0 Å². The van der Waals surface area contributed by atoms with E-state index in [-0.39, 0.29) is 10.9 Å². The first-order valence-electron chi connectivity index (χ1n) is 8.96. The van der Waals surface area contributed by atoms with Crippen LogP contribution in [-0.2, 0) is 0 Å². The molecule has 0 bridgehead atoms. The fourth-order valence-electron chi connectivity index (χ4n) is 2.32. The number of halogens is 1. The van der Waals surface area contributed by atoms with E-state index in [0.29, 0.717) is 22.3 Å². The number of nitrogens with zero attached hydrogens (tertiary/aromatic N) is 2. The zero-order chi connectivity index (χ0) is 19.8. The molecule has 1 heterocycles. The van der Waals surface area contributed by atoms with Gasteiger partial charge in [-0.25, -0.2) is 0 Å². The van der Waals surface area contributed by atoms with Crippen LogP contribution < -0.4 is 10.1 Å². The van der Waals surface area contributed by atoms with Crippen LogP contribution in [0.5, 0.6) is 5.75 Å².